The van der Waals surface area contributed by atoms with Crippen LogP contribution in [0, 0.1) is 5.92 Å². The van der Waals surface area contributed by atoms with Crippen LogP contribution in [0.5, 0.6) is 0 Å². The highest BCUT2D eigenvalue weighted by molar-refractivity contribution is 7.93. The van der Waals surface area contributed by atoms with Gasteiger partial charge in [0, 0.05) is 24.6 Å². The fraction of sp³-hybridized carbons (Fsp3) is 0.263. The number of tetrazole rings is 1. The Bertz CT molecular complexity index is 1630. The molecule has 35 heavy (non-hydrogen) atoms. The number of benzene rings is 2. The molecule has 0 bridgehead atoms. The Balaban J connectivity index is 1.81. The van der Waals surface area contributed by atoms with Crippen molar-refractivity contribution in [1.29, 1.82) is 0 Å². The Morgan fingerprint density at radius 3 is 2.54 bits per heavy atom. The van der Waals surface area contributed by atoms with Gasteiger partial charge in [-0.3, -0.25) is 0 Å². The van der Waals surface area contributed by atoms with E-state index in [-0.39, 0.29) is 36.0 Å². The van der Waals surface area contributed by atoms with E-state index in [0.29, 0.717) is 16.6 Å². The van der Waals surface area contributed by atoms with E-state index in [1.165, 1.54) is 12.1 Å². The number of aliphatic hydroxyl groups is 1. The molecular formula is C19H21N9O5S2. The smallest absolute Gasteiger partial charge is 0.240 e. The van der Waals surface area contributed by atoms with Gasteiger partial charge >= 0.3 is 0 Å². The Hall–Kier alpha value is -3.44. The molecule has 8 N–H and O–H groups in total. The molecule has 0 saturated carbocycles. The zero-order valence-electron chi connectivity index (χ0n) is 18.0. The summed E-state index contributed by atoms with van der Waals surface area (Å²) in [7, 11) is -8.86. The van der Waals surface area contributed by atoms with Gasteiger partial charge in [-0.15, -0.1) is 10.2 Å². The van der Waals surface area contributed by atoms with Crippen molar-refractivity contribution >= 4 is 36.8 Å². The topological polar surface area (TPSA) is 236 Å². The van der Waals surface area contributed by atoms with Crippen LogP contribution in [0.25, 0.3) is 33.5 Å². The first-order valence-electron chi connectivity index (χ1n) is 10.4. The maximum absolute atomic E-state index is 13.4. The third kappa shape index (κ3) is 4.14. The molecule has 16 heteroatoms. The van der Waals surface area contributed by atoms with Gasteiger partial charge in [-0.05, 0) is 22.9 Å². The molecule has 0 unspecified atom stereocenters. The number of nitrogens with one attached hydrogen (secondary N) is 3. The predicted molar refractivity (Wildman–Crippen MR) is 125 cm³/mol. The molecule has 0 amide bonds. The van der Waals surface area contributed by atoms with Crippen LogP contribution >= 0.6 is 0 Å². The number of hydrogen-bond donors (Lipinski definition) is 6. The van der Waals surface area contributed by atoms with Gasteiger partial charge in [-0.1, -0.05) is 18.2 Å². The maximum Gasteiger partial charge on any atom is 0.240 e. The van der Waals surface area contributed by atoms with Crippen molar-refractivity contribution in [2.75, 3.05) is 24.6 Å². The number of nitrogens with zero attached hydrogens (tertiary/aromatic N) is 4. The summed E-state index contributed by atoms with van der Waals surface area (Å²) in [6.45, 7) is 0.509. The van der Waals surface area contributed by atoms with Crippen LogP contribution in [-0.4, -0.2) is 77.5 Å². The largest absolute Gasteiger partial charge is 0.391 e. The van der Waals surface area contributed by atoms with Gasteiger partial charge in [0.25, 0.3) is 0 Å². The third-order valence-corrected chi connectivity index (χ3v) is 8.87. The average molecular weight is 520 g/mol. The van der Waals surface area contributed by atoms with Crippen molar-refractivity contribution < 1.29 is 21.9 Å². The highest BCUT2D eigenvalue weighted by atomic mass is 32.2. The molecule has 1 fully saturated rings. The molecule has 1 aliphatic rings. The lowest BCUT2D eigenvalue weighted by molar-refractivity contribution is 0.157. The molecule has 2 aromatic carbocycles. The van der Waals surface area contributed by atoms with Crippen LogP contribution in [0.1, 0.15) is 0 Å². The van der Waals surface area contributed by atoms with Gasteiger partial charge in [0.05, 0.1) is 33.3 Å². The summed E-state index contributed by atoms with van der Waals surface area (Å²) >= 11 is 0. The van der Waals surface area contributed by atoms with E-state index in [9.17, 15) is 21.9 Å². The second kappa shape index (κ2) is 8.35. The quantitative estimate of drug-likeness (QED) is 0.180. The lowest BCUT2D eigenvalue weighted by Gasteiger charge is -2.18. The zero-order chi connectivity index (χ0) is 25.0. The van der Waals surface area contributed by atoms with Gasteiger partial charge in [-0.2, -0.15) is 5.21 Å². The number of H-pyrrole nitrogens is 2. The predicted octanol–water partition coefficient (Wildman–Crippen LogP) is -1.01. The van der Waals surface area contributed by atoms with E-state index >= 15 is 0 Å². The number of nitrogen functional groups attached to an aromatic ring is 1. The van der Waals surface area contributed by atoms with Crippen molar-refractivity contribution in [3.05, 3.63) is 30.3 Å². The lowest BCUT2D eigenvalue weighted by Crippen LogP contribution is -2.28. The number of sulfone groups is 1. The number of aromatic amines is 2. The van der Waals surface area contributed by atoms with E-state index in [1.54, 1.807) is 18.2 Å². The number of fused-ring (bicyclic) bond motifs is 1. The van der Waals surface area contributed by atoms with Crippen molar-refractivity contribution in [3.8, 4) is 22.5 Å². The number of aliphatic hydroxyl groups excluding tert-OH is 1. The minimum atomic E-state index is -4.63. The van der Waals surface area contributed by atoms with E-state index in [0.717, 1.165) is 0 Å². The van der Waals surface area contributed by atoms with Gasteiger partial charge < -0.3 is 21.1 Å². The summed E-state index contributed by atoms with van der Waals surface area (Å²) in [4.78, 5) is 5.99. The minimum Gasteiger partial charge on any atom is -0.391 e. The monoisotopic (exact) mass is 519 g/mol. The summed E-state index contributed by atoms with van der Waals surface area (Å²) in [5.41, 5.74) is 7.36. The number of nitrogens with two attached hydrogens (primary N) is 2. The second-order valence-electron chi connectivity index (χ2n) is 8.19. The molecule has 3 heterocycles. The number of anilines is 1. The molecule has 4 aromatic rings. The fourth-order valence-electron chi connectivity index (χ4n) is 4.33. The average Bonchev–Trinajstić information content (AvgIpc) is 3.53. The van der Waals surface area contributed by atoms with Crippen LogP contribution < -0.4 is 16.2 Å². The normalized spacial score (nSPS) is 18.9. The molecule has 184 valence electrons. The highest BCUT2D eigenvalue weighted by Gasteiger charge is 2.36. The Morgan fingerprint density at radius 2 is 1.89 bits per heavy atom. The third-order valence-electron chi connectivity index (χ3n) is 5.87. The van der Waals surface area contributed by atoms with Crippen LogP contribution in [-0.2, 0) is 19.9 Å². The number of aromatic nitrogens is 6. The lowest BCUT2D eigenvalue weighted by atomic mass is 9.98. The fourth-order valence-corrected chi connectivity index (χ4v) is 7.64. The maximum atomic E-state index is 13.4. The molecular weight excluding hydrogens is 498 g/mol. The zero-order valence-corrected chi connectivity index (χ0v) is 19.6. The van der Waals surface area contributed by atoms with Crippen LogP contribution in [0.15, 0.2) is 40.1 Å². The first-order chi connectivity index (χ1) is 16.6. The van der Waals surface area contributed by atoms with E-state index in [1.807, 2.05) is 0 Å². The second-order valence-corrected chi connectivity index (χ2v) is 11.7. The number of β-amino-alcohol motifs (C(OH)–C–C–N with tert-alkyl or cyclic N) is 1. The molecule has 5 rings (SSSR count). The molecule has 0 spiro atoms. The molecule has 1 saturated heterocycles. The van der Waals surface area contributed by atoms with E-state index < -0.39 is 47.4 Å². The van der Waals surface area contributed by atoms with Crippen LogP contribution in [0.4, 0.5) is 5.95 Å². The molecule has 2 aromatic heterocycles. The van der Waals surface area contributed by atoms with Crippen LogP contribution in [0.2, 0.25) is 0 Å². The first kappa shape index (κ1) is 23.3. The summed E-state index contributed by atoms with van der Waals surface area (Å²) in [6, 6.07) is 7.72. The van der Waals surface area contributed by atoms with Crippen molar-refractivity contribution in [2.24, 2.45) is 11.1 Å². The highest BCUT2D eigenvalue weighted by Crippen LogP contribution is 2.41. The molecule has 0 aliphatic carbocycles. The standard InChI is InChI=1S/C19H21N9O5S2/c20-19-23-12-3-1-2-11(16(12)24-19)10-4-5-14(34(30,31)8-9-6-22-7-13(9)29)17(35(21,32)33)15(10)18-25-27-28-26-18/h1-5,9,13,22,29H,6-8H2,(H3,20,23,24)(H2,21,32,33)(H,25,26,27,28)/t9-,13+/m1/s1. The van der Waals surface area contributed by atoms with Crippen molar-refractivity contribution in [2.45, 2.75) is 15.9 Å². The van der Waals surface area contributed by atoms with Gasteiger partial charge in [0.15, 0.2) is 15.8 Å². The van der Waals surface area contributed by atoms with Crippen molar-refractivity contribution in [3.63, 3.8) is 0 Å². The number of sulfonamides is 1. The number of imidazole rings is 1. The van der Waals surface area contributed by atoms with E-state index in [4.69, 9.17) is 10.9 Å². The van der Waals surface area contributed by atoms with Crippen LogP contribution in [0.3, 0.4) is 0 Å². The van der Waals surface area contributed by atoms with Crippen molar-refractivity contribution in [1.82, 2.24) is 35.9 Å². The van der Waals surface area contributed by atoms with Gasteiger partial charge in [0.1, 0.15) is 4.90 Å². The Kier molecular flexibility index (Phi) is 5.56. The van der Waals surface area contributed by atoms with E-state index in [2.05, 4.69) is 35.9 Å². The summed E-state index contributed by atoms with van der Waals surface area (Å²) in [5.74, 6) is -1.14. The summed E-state index contributed by atoms with van der Waals surface area (Å²) in [6.07, 6.45) is -0.888. The summed E-state index contributed by atoms with van der Waals surface area (Å²) < 4.78 is 52.6. The first-order valence-corrected chi connectivity index (χ1v) is 13.6. The SMILES string of the molecule is Nc1nc2c(-c3ccc(S(=O)(=O)C[C@H]4CNC[C@@H]4O)c(S(N)(=O)=O)c3-c3nn[nH]n3)cccc2[nH]1. The van der Waals surface area contributed by atoms with Gasteiger partial charge in [0.2, 0.25) is 15.8 Å². The molecule has 1 aliphatic heterocycles. The Morgan fingerprint density at radius 1 is 1.09 bits per heavy atom. The molecule has 2 atom stereocenters. The number of para-hydroxylation sites is 1. The number of rotatable bonds is 6. The Labute approximate surface area is 199 Å². The minimum absolute atomic E-state index is 0.142. The molecule has 14 nitrogen and oxygen atoms in total. The number of primary sulfonamides is 1. The van der Waals surface area contributed by atoms with Gasteiger partial charge in [-0.25, -0.2) is 27.0 Å². The summed E-state index contributed by atoms with van der Waals surface area (Å²) in [5, 5.41) is 32.2. The number of hydrogen-bond acceptors (Lipinski definition) is 11. The molecule has 0 radical (unpaired) electrons.